The van der Waals surface area contributed by atoms with Crippen LogP contribution >= 0.6 is 0 Å². The maximum absolute atomic E-state index is 12.1. The average molecular weight is 496 g/mol. The summed E-state index contributed by atoms with van der Waals surface area (Å²) in [5.74, 6) is 1.20. The van der Waals surface area contributed by atoms with E-state index < -0.39 is 0 Å². The van der Waals surface area contributed by atoms with Gasteiger partial charge in [0.1, 0.15) is 5.82 Å². The van der Waals surface area contributed by atoms with Crippen molar-refractivity contribution in [3.8, 4) is 22.3 Å². The Balaban J connectivity index is 1.25. The highest BCUT2D eigenvalue weighted by Crippen LogP contribution is 2.34. The van der Waals surface area contributed by atoms with Crippen molar-refractivity contribution in [2.24, 2.45) is 5.92 Å². The predicted octanol–water partition coefficient (Wildman–Crippen LogP) is 4.98. The second-order valence-corrected chi connectivity index (χ2v) is 11.2. The Bertz CT molecular complexity index is 1300. The number of rotatable bonds is 4. The lowest BCUT2D eigenvalue weighted by Gasteiger charge is -2.33. The van der Waals surface area contributed by atoms with Gasteiger partial charge in [0.15, 0.2) is 0 Å². The van der Waals surface area contributed by atoms with Gasteiger partial charge in [-0.2, -0.15) is 0 Å². The number of hydrogen-bond donors (Lipinski definition) is 2. The molecular formula is C31H37N5O. The lowest BCUT2D eigenvalue weighted by molar-refractivity contribution is 0.0946. The third-order valence-corrected chi connectivity index (χ3v) is 8.57. The molecule has 192 valence electrons. The first-order chi connectivity index (χ1) is 18.0. The van der Waals surface area contributed by atoms with Crippen molar-refractivity contribution in [3.63, 3.8) is 0 Å². The summed E-state index contributed by atoms with van der Waals surface area (Å²) in [5, 5.41) is 2.91. The van der Waals surface area contributed by atoms with Crippen molar-refractivity contribution in [3.05, 3.63) is 65.9 Å². The summed E-state index contributed by atoms with van der Waals surface area (Å²) in [5.41, 5.74) is 13.5. The number of amides is 1. The van der Waals surface area contributed by atoms with E-state index in [2.05, 4.69) is 70.3 Å². The fourth-order valence-electron chi connectivity index (χ4n) is 6.57. The van der Waals surface area contributed by atoms with E-state index in [0.29, 0.717) is 30.4 Å². The highest BCUT2D eigenvalue weighted by molar-refractivity contribution is 5.97. The van der Waals surface area contributed by atoms with Gasteiger partial charge in [0.05, 0.1) is 0 Å². The van der Waals surface area contributed by atoms with Gasteiger partial charge in [-0.3, -0.25) is 9.69 Å². The van der Waals surface area contributed by atoms with Crippen molar-refractivity contribution in [1.82, 2.24) is 15.2 Å². The molecule has 3 aliphatic rings. The molecule has 6 heteroatoms. The van der Waals surface area contributed by atoms with Crippen LogP contribution < -0.4 is 16.0 Å². The molecule has 2 atom stereocenters. The number of anilines is 2. The van der Waals surface area contributed by atoms with Gasteiger partial charge in [-0.1, -0.05) is 38.1 Å². The molecule has 2 saturated heterocycles. The second-order valence-electron chi connectivity index (χ2n) is 11.2. The van der Waals surface area contributed by atoms with E-state index in [1.807, 2.05) is 18.3 Å². The molecule has 0 saturated carbocycles. The van der Waals surface area contributed by atoms with Crippen LogP contribution in [0.2, 0.25) is 0 Å². The van der Waals surface area contributed by atoms with Crippen LogP contribution in [0.3, 0.4) is 0 Å². The van der Waals surface area contributed by atoms with Crippen LogP contribution in [0.15, 0.2) is 54.7 Å². The number of aromatic nitrogens is 1. The van der Waals surface area contributed by atoms with Gasteiger partial charge in [0.2, 0.25) is 0 Å². The van der Waals surface area contributed by atoms with Crippen molar-refractivity contribution < 1.29 is 4.79 Å². The fourth-order valence-corrected chi connectivity index (χ4v) is 6.57. The van der Waals surface area contributed by atoms with E-state index in [4.69, 9.17) is 5.73 Å². The number of pyridine rings is 1. The van der Waals surface area contributed by atoms with Gasteiger partial charge in [0, 0.05) is 60.3 Å². The zero-order chi connectivity index (χ0) is 25.5. The van der Waals surface area contributed by atoms with Crippen LogP contribution in [-0.2, 0) is 6.42 Å². The largest absolute Gasteiger partial charge is 0.383 e. The fraction of sp³-hybridized carbons (Fsp3) is 0.419. The number of fused-ring (bicyclic) bond motifs is 2. The van der Waals surface area contributed by atoms with Crippen molar-refractivity contribution in [2.75, 3.05) is 36.8 Å². The molecule has 0 spiro atoms. The summed E-state index contributed by atoms with van der Waals surface area (Å²) in [6.07, 6.45) is 6.55. The molecule has 3 N–H and O–H groups in total. The molecular weight excluding hydrogens is 458 g/mol. The first-order valence-electron chi connectivity index (χ1n) is 13.8. The first kappa shape index (κ1) is 24.0. The van der Waals surface area contributed by atoms with Crippen LogP contribution in [0.4, 0.5) is 11.5 Å². The Labute approximate surface area is 219 Å². The van der Waals surface area contributed by atoms with Gasteiger partial charge < -0.3 is 16.0 Å². The van der Waals surface area contributed by atoms with Gasteiger partial charge in [-0.25, -0.2) is 4.98 Å². The zero-order valence-corrected chi connectivity index (χ0v) is 21.9. The van der Waals surface area contributed by atoms with Gasteiger partial charge in [-0.05, 0) is 79.1 Å². The van der Waals surface area contributed by atoms with Crippen LogP contribution in [-0.4, -0.2) is 54.1 Å². The molecule has 0 aliphatic carbocycles. The SMILES string of the molecule is CC(C)C1CCN(c2ccc(-c3cnc(N)c(-c4ccc5c(c4)CCNC5=O)c3)cc2)CC2CCCN21. The molecule has 0 bridgehead atoms. The highest BCUT2D eigenvalue weighted by Gasteiger charge is 2.36. The van der Waals surface area contributed by atoms with Gasteiger partial charge >= 0.3 is 0 Å². The first-order valence-corrected chi connectivity index (χ1v) is 13.8. The summed E-state index contributed by atoms with van der Waals surface area (Å²) >= 11 is 0. The Hall–Kier alpha value is -3.38. The molecule has 2 fully saturated rings. The molecule has 2 aromatic carbocycles. The minimum atomic E-state index is -0.00230. The quantitative estimate of drug-likeness (QED) is 0.534. The lowest BCUT2D eigenvalue weighted by atomic mass is 9.94. The molecule has 6 nitrogen and oxygen atoms in total. The number of nitrogens with two attached hydrogens (primary N) is 1. The summed E-state index contributed by atoms with van der Waals surface area (Å²) in [6.45, 7) is 8.90. The van der Waals surface area contributed by atoms with Crippen LogP contribution in [0.1, 0.15) is 49.0 Å². The summed E-state index contributed by atoms with van der Waals surface area (Å²) in [4.78, 5) is 22.0. The molecule has 3 aliphatic heterocycles. The monoisotopic (exact) mass is 495 g/mol. The summed E-state index contributed by atoms with van der Waals surface area (Å²) in [6, 6.07) is 18.4. The third-order valence-electron chi connectivity index (χ3n) is 8.57. The number of benzene rings is 2. The normalized spacial score (nSPS) is 21.9. The number of carbonyl (C=O) groups is 1. The van der Waals surface area contributed by atoms with Crippen LogP contribution in [0.5, 0.6) is 0 Å². The number of hydrogen-bond acceptors (Lipinski definition) is 5. The molecule has 1 aromatic heterocycles. The number of nitrogens with zero attached hydrogens (tertiary/aromatic N) is 3. The highest BCUT2D eigenvalue weighted by atomic mass is 16.1. The van der Waals surface area contributed by atoms with Gasteiger partial charge in [-0.15, -0.1) is 0 Å². The van der Waals surface area contributed by atoms with E-state index in [1.54, 1.807) is 0 Å². The molecule has 37 heavy (non-hydrogen) atoms. The average Bonchev–Trinajstić information content (AvgIpc) is 3.28. The van der Waals surface area contributed by atoms with E-state index in [9.17, 15) is 4.79 Å². The molecule has 6 rings (SSSR count). The minimum Gasteiger partial charge on any atom is -0.383 e. The minimum absolute atomic E-state index is 0.00230. The molecule has 2 unspecified atom stereocenters. The van der Waals surface area contributed by atoms with E-state index >= 15 is 0 Å². The maximum atomic E-state index is 12.1. The lowest BCUT2D eigenvalue weighted by Crippen LogP contribution is -2.43. The predicted molar refractivity (Wildman–Crippen MR) is 151 cm³/mol. The van der Waals surface area contributed by atoms with E-state index in [0.717, 1.165) is 52.9 Å². The number of carbonyl (C=O) groups excluding carboxylic acids is 1. The van der Waals surface area contributed by atoms with Crippen molar-refractivity contribution >= 4 is 17.4 Å². The summed E-state index contributed by atoms with van der Waals surface area (Å²) in [7, 11) is 0. The Kier molecular flexibility index (Phi) is 6.37. The topological polar surface area (TPSA) is 74.5 Å². The third kappa shape index (κ3) is 4.59. The molecule has 0 radical (unpaired) electrons. The maximum Gasteiger partial charge on any atom is 0.251 e. The Morgan fingerprint density at radius 3 is 2.59 bits per heavy atom. The summed E-state index contributed by atoms with van der Waals surface area (Å²) < 4.78 is 0. The van der Waals surface area contributed by atoms with Crippen LogP contribution in [0, 0.1) is 5.92 Å². The smallest absolute Gasteiger partial charge is 0.251 e. The standard InChI is InChI=1S/C31H37N5O/c1-20(2)29-12-15-35(19-26-4-3-14-36(26)29)25-8-5-21(6-9-25)24-17-28(30(32)34-18-24)22-7-10-27-23(16-22)11-13-33-31(27)37/h5-10,16-18,20,26,29H,3-4,11-15,19H2,1-2H3,(H2,32,34)(H,33,37). The molecule has 4 heterocycles. The second kappa shape index (κ2) is 9.82. The molecule has 1 amide bonds. The Morgan fingerprint density at radius 1 is 0.973 bits per heavy atom. The Morgan fingerprint density at radius 2 is 1.78 bits per heavy atom. The molecule has 3 aromatic rings. The zero-order valence-electron chi connectivity index (χ0n) is 21.9. The van der Waals surface area contributed by atoms with Crippen LogP contribution in [0.25, 0.3) is 22.3 Å². The number of nitrogens with one attached hydrogen (secondary N) is 1. The van der Waals surface area contributed by atoms with Crippen molar-refractivity contribution in [1.29, 1.82) is 0 Å². The van der Waals surface area contributed by atoms with Gasteiger partial charge in [0.25, 0.3) is 5.91 Å². The van der Waals surface area contributed by atoms with Crippen molar-refractivity contribution in [2.45, 2.75) is 51.6 Å². The van der Waals surface area contributed by atoms with E-state index in [1.165, 1.54) is 31.5 Å². The van der Waals surface area contributed by atoms with E-state index in [-0.39, 0.29) is 5.91 Å². The number of nitrogen functional groups attached to an aromatic ring is 1.